The van der Waals surface area contributed by atoms with E-state index in [-0.39, 0.29) is 24.4 Å². The zero-order valence-corrected chi connectivity index (χ0v) is 23.3. The molecular weight excluding hydrogens is 570 g/mol. The molecule has 1 unspecified atom stereocenters. The number of halogens is 1. The Morgan fingerprint density at radius 2 is 1.71 bits per heavy atom. The molecule has 3 aromatic carbocycles. The Morgan fingerprint density at radius 1 is 0.976 bits per heavy atom. The van der Waals surface area contributed by atoms with Crippen LogP contribution in [0.2, 0.25) is 5.02 Å². The Balaban J connectivity index is 1.42. The van der Waals surface area contributed by atoms with Gasteiger partial charge in [0.25, 0.3) is 0 Å². The number of hydrogen-bond acceptors (Lipinski definition) is 8. The molecule has 1 aliphatic rings. The van der Waals surface area contributed by atoms with E-state index in [9.17, 15) is 22.8 Å². The van der Waals surface area contributed by atoms with E-state index in [0.717, 1.165) is 11.8 Å². The second-order valence-corrected chi connectivity index (χ2v) is 11.8. The molecule has 1 atom stereocenters. The van der Waals surface area contributed by atoms with E-state index in [4.69, 9.17) is 11.6 Å². The highest BCUT2D eigenvalue weighted by Gasteiger charge is 2.39. The number of rotatable bonds is 8. The highest BCUT2D eigenvalue weighted by molar-refractivity contribution is 7.90. The van der Waals surface area contributed by atoms with Crippen LogP contribution in [0, 0.1) is 0 Å². The smallest absolute Gasteiger partial charge is 0.247 e. The fraction of sp³-hybridized carbons (Fsp3) is 0.185. The van der Waals surface area contributed by atoms with Gasteiger partial charge in [-0.15, -0.1) is 5.10 Å². The average Bonchev–Trinajstić information content (AvgIpc) is 3.48. The quantitative estimate of drug-likeness (QED) is 0.327. The number of carbonyl (C=O) groups excluding carboxylic acids is 3. The van der Waals surface area contributed by atoms with Crippen molar-refractivity contribution in [2.24, 2.45) is 0 Å². The molecule has 12 nitrogen and oxygen atoms in total. The lowest BCUT2D eigenvalue weighted by atomic mass is 10.0. The molecule has 0 saturated carbocycles. The molecule has 1 fully saturated rings. The fourth-order valence-corrected chi connectivity index (χ4v) is 5.30. The average molecular weight is 594 g/mol. The molecule has 1 saturated heterocycles. The third kappa shape index (κ3) is 6.26. The fourth-order valence-electron chi connectivity index (χ4n) is 4.51. The Bertz CT molecular complexity index is 1700. The molecule has 0 radical (unpaired) electrons. The summed E-state index contributed by atoms with van der Waals surface area (Å²) in [7, 11) is -3.41. The van der Waals surface area contributed by atoms with Crippen molar-refractivity contribution in [3.05, 3.63) is 89.7 Å². The first kappa shape index (κ1) is 27.9. The maximum Gasteiger partial charge on any atom is 0.247 e. The van der Waals surface area contributed by atoms with Crippen LogP contribution in [-0.2, 0) is 30.6 Å². The standard InChI is InChI=1S/C27H24ClN7O5S/c1-41(39,40)21-10-8-20(9-11-21)30-27(38)24(13-18-5-3-2-4-6-18)34-16-25(36)33(15-26(34)37)23-14-19(28)7-12-22(23)35-17-29-31-32-35/h2-12,14,17,24H,13,15-16H2,1H3,(H,30,38). The van der Waals surface area contributed by atoms with E-state index in [1.807, 2.05) is 30.3 Å². The highest BCUT2D eigenvalue weighted by Crippen LogP contribution is 2.30. The van der Waals surface area contributed by atoms with E-state index in [1.54, 1.807) is 18.2 Å². The van der Waals surface area contributed by atoms with Crippen molar-refractivity contribution >= 4 is 50.5 Å². The molecule has 41 heavy (non-hydrogen) atoms. The van der Waals surface area contributed by atoms with Crippen molar-refractivity contribution in [2.45, 2.75) is 17.4 Å². The summed E-state index contributed by atoms with van der Waals surface area (Å²) in [5.41, 5.74) is 1.93. The largest absolute Gasteiger partial charge is 0.324 e. The monoisotopic (exact) mass is 593 g/mol. The van der Waals surface area contributed by atoms with Crippen LogP contribution in [0.15, 0.2) is 84.0 Å². The predicted molar refractivity (Wildman–Crippen MR) is 150 cm³/mol. The molecule has 2 heterocycles. The van der Waals surface area contributed by atoms with Crippen molar-refractivity contribution in [2.75, 3.05) is 29.6 Å². The first-order valence-electron chi connectivity index (χ1n) is 12.4. The molecule has 1 aliphatic heterocycles. The summed E-state index contributed by atoms with van der Waals surface area (Å²) in [6.45, 7) is -0.700. The minimum Gasteiger partial charge on any atom is -0.324 e. The molecule has 1 aromatic heterocycles. The van der Waals surface area contributed by atoms with Gasteiger partial charge in [-0.1, -0.05) is 41.9 Å². The number of anilines is 2. The summed E-state index contributed by atoms with van der Waals surface area (Å²) in [4.78, 5) is 43.3. The highest BCUT2D eigenvalue weighted by atomic mass is 35.5. The van der Waals surface area contributed by atoms with Crippen LogP contribution in [0.25, 0.3) is 5.69 Å². The second-order valence-electron chi connectivity index (χ2n) is 9.38. The SMILES string of the molecule is CS(=O)(=O)c1ccc(NC(=O)C(Cc2ccccc2)N2CC(=O)N(c3cc(Cl)ccc3-n3cnnn3)CC2=O)cc1. The molecule has 3 amide bonds. The van der Waals surface area contributed by atoms with Crippen LogP contribution in [0.5, 0.6) is 0 Å². The topological polar surface area (TPSA) is 147 Å². The van der Waals surface area contributed by atoms with Crippen LogP contribution in [0.1, 0.15) is 5.56 Å². The lowest BCUT2D eigenvalue weighted by molar-refractivity contribution is -0.143. The van der Waals surface area contributed by atoms with Gasteiger partial charge in [0, 0.05) is 23.4 Å². The number of nitrogens with zero attached hydrogens (tertiary/aromatic N) is 6. The molecule has 5 rings (SSSR count). The lowest BCUT2D eigenvalue weighted by Gasteiger charge is -2.38. The minimum atomic E-state index is -3.41. The summed E-state index contributed by atoms with van der Waals surface area (Å²) < 4.78 is 25.0. The van der Waals surface area contributed by atoms with Crippen molar-refractivity contribution in [3.8, 4) is 5.69 Å². The van der Waals surface area contributed by atoms with E-state index < -0.39 is 33.6 Å². The first-order chi connectivity index (χ1) is 19.6. The summed E-state index contributed by atoms with van der Waals surface area (Å²) in [6, 6.07) is 18.6. The van der Waals surface area contributed by atoms with E-state index in [0.29, 0.717) is 22.1 Å². The van der Waals surface area contributed by atoms with Crippen LogP contribution < -0.4 is 10.2 Å². The second kappa shape index (κ2) is 11.5. The third-order valence-electron chi connectivity index (χ3n) is 6.55. The molecule has 1 N–H and O–H groups in total. The van der Waals surface area contributed by atoms with Crippen molar-refractivity contribution in [1.29, 1.82) is 0 Å². The van der Waals surface area contributed by atoms with Crippen LogP contribution in [-0.4, -0.2) is 76.6 Å². The number of sulfone groups is 1. The van der Waals surface area contributed by atoms with Crippen LogP contribution in [0.3, 0.4) is 0 Å². The molecule has 0 aliphatic carbocycles. The number of piperazine rings is 1. The van der Waals surface area contributed by atoms with Crippen molar-refractivity contribution < 1.29 is 22.8 Å². The minimum absolute atomic E-state index is 0.107. The number of carbonyl (C=O) groups is 3. The van der Waals surface area contributed by atoms with Gasteiger partial charge in [0.15, 0.2) is 9.84 Å². The number of benzene rings is 3. The molecule has 210 valence electrons. The lowest BCUT2D eigenvalue weighted by Crippen LogP contribution is -2.60. The number of hydrogen-bond donors (Lipinski definition) is 1. The van der Waals surface area contributed by atoms with Gasteiger partial charge in [0.05, 0.1) is 16.3 Å². The third-order valence-corrected chi connectivity index (χ3v) is 7.91. The van der Waals surface area contributed by atoms with Crippen molar-refractivity contribution in [1.82, 2.24) is 25.1 Å². The molecule has 0 spiro atoms. The van der Waals surface area contributed by atoms with Gasteiger partial charge in [-0.05, 0) is 58.5 Å². The maximum absolute atomic E-state index is 13.6. The summed E-state index contributed by atoms with van der Waals surface area (Å²) in [5, 5.41) is 14.3. The zero-order valence-electron chi connectivity index (χ0n) is 21.7. The summed E-state index contributed by atoms with van der Waals surface area (Å²) >= 11 is 6.22. The predicted octanol–water partition coefficient (Wildman–Crippen LogP) is 2.14. The van der Waals surface area contributed by atoms with Gasteiger partial charge >= 0.3 is 0 Å². The van der Waals surface area contributed by atoms with Crippen LogP contribution >= 0.6 is 11.6 Å². The Labute approximate surface area is 240 Å². The Kier molecular flexibility index (Phi) is 7.81. The maximum atomic E-state index is 13.6. The number of aromatic nitrogens is 4. The normalized spacial score (nSPS) is 14.7. The first-order valence-corrected chi connectivity index (χ1v) is 14.6. The van der Waals surface area contributed by atoms with Gasteiger partial charge < -0.3 is 10.2 Å². The summed E-state index contributed by atoms with van der Waals surface area (Å²) in [5.74, 6) is -1.40. The Hall–Kier alpha value is -4.62. The van der Waals surface area contributed by atoms with Gasteiger partial charge in [0.2, 0.25) is 17.7 Å². The van der Waals surface area contributed by atoms with Gasteiger partial charge in [-0.3, -0.25) is 19.3 Å². The number of amides is 3. The van der Waals surface area contributed by atoms with E-state index in [1.165, 1.54) is 45.1 Å². The molecule has 14 heteroatoms. The van der Waals surface area contributed by atoms with Gasteiger partial charge in [-0.25, -0.2) is 8.42 Å². The Morgan fingerprint density at radius 3 is 2.37 bits per heavy atom. The van der Waals surface area contributed by atoms with Crippen molar-refractivity contribution in [3.63, 3.8) is 0 Å². The molecule has 0 bridgehead atoms. The van der Waals surface area contributed by atoms with Gasteiger partial charge in [0.1, 0.15) is 25.5 Å². The zero-order chi connectivity index (χ0) is 29.1. The van der Waals surface area contributed by atoms with Gasteiger partial charge in [-0.2, -0.15) is 4.68 Å². The molecule has 4 aromatic rings. The van der Waals surface area contributed by atoms with E-state index in [2.05, 4.69) is 20.8 Å². The number of nitrogens with one attached hydrogen (secondary N) is 1. The molecular formula is C27H24ClN7O5S. The van der Waals surface area contributed by atoms with Crippen LogP contribution in [0.4, 0.5) is 11.4 Å². The summed E-state index contributed by atoms with van der Waals surface area (Å²) in [6.07, 6.45) is 2.60. The number of tetrazole rings is 1. The van der Waals surface area contributed by atoms with E-state index >= 15 is 0 Å².